The Kier molecular flexibility index (Phi) is 4.05. The minimum atomic E-state index is -3.33. The normalized spacial score (nSPS) is 22.2. The van der Waals surface area contributed by atoms with Gasteiger partial charge in [0.05, 0.1) is 4.90 Å². The molecule has 116 valence electrons. The summed E-state index contributed by atoms with van der Waals surface area (Å²) in [6.45, 7) is 9.15. The molecule has 2 saturated heterocycles. The Balaban J connectivity index is 1.70. The van der Waals surface area contributed by atoms with E-state index in [0.717, 1.165) is 37.3 Å². The number of sulfonamides is 1. The maximum atomic E-state index is 12.6. The second-order valence-corrected chi connectivity index (χ2v) is 8.02. The van der Waals surface area contributed by atoms with Gasteiger partial charge in [0.15, 0.2) is 0 Å². The van der Waals surface area contributed by atoms with Gasteiger partial charge in [-0.25, -0.2) is 8.42 Å². The van der Waals surface area contributed by atoms with E-state index in [-0.39, 0.29) is 0 Å². The maximum Gasteiger partial charge on any atom is 0.243 e. The molecule has 21 heavy (non-hydrogen) atoms. The zero-order valence-corrected chi connectivity index (χ0v) is 13.5. The molecule has 0 aliphatic carbocycles. The Morgan fingerprint density at radius 2 is 1.62 bits per heavy atom. The fraction of sp³-hybridized carbons (Fsp3) is 0.600. The number of piperazine rings is 1. The van der Waals surface area contributed by atoms with Crippen LogP contribution in [-0.2, 0) is 10.0 Å². The molecule has 0 radical (unpaired) electrons. The van der Waals surface area contributed by atoms with Gasteiger partial charge >= 0.3 is 0 Å². The predicted octanol–water partition coefficient (Wildman–Crippen LogP) is 0.582. The van der Waals surface area contributed by atoms with Crippen LogP contribution in [0.2, 0.25) is 0 Å². The van der Waals surface area contributed by atoms with Crippen molar-refractivity contribution in [2.24, 2.45) is 0 Å². The van der Waals surface area contributed by atoms with Gasteiger partial charge in [0, 0.05) is 45.3 Å². The lowest BCUT2D eigenvalue weighted by Gasteiger charge is -2.45. The zero-order chi connectivity index (χ0) is 15.0. The Labute approximate surface area is 127 Å². The van der Waals surface area contributed by atoms with E-state index < -0.39 is 10.0 Å². The van der Waals surface area contributed by atoms with Crippen LogP contribution in [0.25, 0.3) is 0 Å². The zero-order valence-electron chi connectivity index (χ0n) is 12.7. The van der Waals surface area contributed by atoms with E-state index >= 15 is 0 Å². The van der Waals surface area contributed by atoms with Gasteiger partial charge < -0.3 is 5.32 Å². The van der Waals surface area contributed by atoms with Crippen molar-refractivity contribution < 1.29 is 8.42 Å². The van der Waals surface area contributed by atoms with Crippen LogP contribution in [0.4, 0.5) is 0 Å². The van der Waals surface area contributed by atoms with Gasteiger partial charge in [-0.1, -0.05) is 6.07 Å². The van der Waals surface area contributed by atoms with E-state index in [1.807, 2.05) is 19.9 Å². The second-order valence-electron chi connectivity index (χ2n) is 6.09. The van der Waals surface area contributed by atoms with Gasteiger partial charge in [-0.15, -0.1) is 0 Å². The molecule has 0 spiro atoms. The molecule has 2 fully saturated rings. The monoisotopic (exact) mass is 309 g/mol. The van der Waals surface area contributed by atoms with Crippen LogP contribution in [0.3, 0.4) is 0 Å². The van der Waals surface area contributed by atoms with E-state index in [0.29, 0.717) is 24.0 Å². The first-order chi connectivity index (χ1) is 9.96. The van der Waals surface area contributed by atoms with Gasteiger partial charge in [0.1, 0.15) is 0 Å². The third-order valence-corrected chi connectivity index (χ3v) is 6.14. The highest BCUT2D eigenvalue weighted by molar-refractivity contribution is 7.89. The average Bonchev–Trinajstić information content (AvgIpc) is 2.36. The molecule has 0 saturated carbocycles. The standard InChI is InChI=1S/C15H23N3O2S/c1-12-7-13(2)9-15(8-12)21(19,20)18-10-14(11-18)17-5-3-16-4-6-17/h7-9,14,16H,3-6,10-11H2,1-2H3. The Morgan fingerprint density at radius 1 is 1.05 bits per heavy atom. The third kappa shape index (κ3) is 2.99. The van der Waals surface area contributed by atoms with Crippen LogP contribution >= 0.6 is 0 Å². The first kappa shape index (κ1) is 15.0. The number of aryl methyl sites for hydroxylation is 2. The fourth-order valence-electron chi connectivity index (χ4n) is 3.12. The number of hydrogen-bond donors (Lipinski definition) is 1. The fourth-order valence-corrected chi connectivity index (χ4v) is 4.83. The van der Waals surface area contributed by atoms with Gasteiger partial charge in [0.25, 0.3) is 0 Å². The van der Waals surface area contributed by atoms with Crippen LogP contribution in [0, 0.1) is 13.8 Å². The minimum Gasteiger partial charge on any atom is -0.314 e. The molecule has 5 nitrogen and oxygen atoms in total. The summed E-state index contributed by atoms with van der Waals surface area (Å²) >= 11 is 0. The van der Waals surface area contributed by atoms with E-state index in [1.165, 1.54) is 0 Å². The smallest absolute Gasteiger partial charge is 0.243 e. The van der Waals surface area contributed by atoms with Gasteiger partial charge in [0.2, 0.25) is 10.0 Å². The van der Waals surface area contributed by atoms with Crippen molar-refractivity contribution in [1.29, 1.82) is 0 Å². The van der Waals surface area contributed by atoms with Gasteiger partial charge in [-0.05, 0) is 37.1 Å². The minimum absolute atomic E-state index is 0.382. The lowest BCUT2D eigenvalue weighted by atomic mass is 10.1. The van der Waals surface area contributed by atoms with Crippen molar-refractivity contribution >= 4 is 10.0 Å². The third-order valence-electron chi connectivity index (χ3n) is 4.33. The maximum absolute atomic E-state index is 12.6. The van der Waals surface area contributed by atoms with E-state index in [9.17, 15) is 8.42 Å². The molecule has 0 amide bonds. The van der Waals surface area contributed by atoms with E-state index in [1.54, 1.807) is 16.4 Å². The molecule has 1 N–H and O–H groups in total. The summed E-state index contributed by atoms with van der Waals surface area (Å²) in [5, 5.41) is 3.32. The molecule has 0 aromatic heterocycles. The molecule has 0 atom stereocenters. The summed E-state index contributed by atoms with van der Waals surface area (Å²) in [4.78, 5) is 2.82. The number of rotatable bonds is 3. The van der Waals surface area contributed by atoms with Crippen LogP contribution in [0.1, 0.15) is 11.1 Å². The first-order valence-electron chi connectivity index (χ1n) is 7.50. The van der Waals surface area contributed by atoms with Crippen molar-refractivity contribution in [1.82, 2.24) is 14.5 Å². The highest BCUT2D eigenvalue weighted by Crippen LogP contribution is 2.25. The Morgan fingerprint density at radius 3 is 2.19 bits per heavy atom. The van der Waals surface area contributed by atoms with Crippen molar-refractivity contribution in [2.45, 2.75) is 24.8 Å². The molecule has 3 rings (SSSR count). The van der Waals surface area contributed by atoms with Crippen molar-refractivity contribution in [3.05, 3.63) is 29.3 Å². The summed E-state index contributed by atoms with van der Waals surface area (Å²) in [6.07, 6.45) is 0. The van der Waals surface area contributed by atoms with Crippen molar-refractivity contribution in [2.75, 3.05) is 39.3 Å². The molecule has 1 aromatic carbocycles. The molecule has 6 heteroatoms. The number of benzene rings is 1. The molecule has 2 aliphatic heterocycles. The Hall–Kier alpha value is -0.950. The summed E-state index contributed by atoms with van der Waals surface area (Å²) < 4.78 is 26.9. The quantitative estimate of drug-likeness (QED) is 0.887. The SMILES string of the molecule is Cc1cc(C)cc(S(=O)(=O)N2CC(N3CCNCC3)C2)c1. The summed E-state index contributed by atoms with van der Waals surface area (Å²) in [5.41, 5.74) is 1.99. The molecular weight excluding hydrogens is 286 g/mol. The van der Waals surface area contributed by atoms with E-state index in [4.69, 9.17) is 0 Å². The molecule has 0 bridgehead atoms. The predicted molar refractivity (Wildman–Crippen MR) is 82.9 cm³/mol. The summed E-state index contributed by atoms with van der Waals surface area (Å²) in [5.74, 6) is 0. The van der Waals surface area contributed by atoms with Crippen LogP contribution in [0.5, 0.6) is 0 Å². The van der Waals surface area contributed by atoms with Crippen molar-refractivity contribution in [3.63, 3.8) is 0 Å². The number of nitrogens with one attached hydrogen (secondary N) is 1. The second kappa shape index (κ2) is 5.68. The lowest BCUT2D eigenvalue weighted by molar-refractivity contribution is 0.0773. The largest absolute Gasteiger partial charge is 0.314 e. The molecule has 1 aromatic rings. The number of hydrogen-bond acceptors (Lipinski definition) is 4. The first-order valence-corrected chi connectivity index (χ1v) is 8.94. The highest BCUT2D eigenvalue weighted by Gasteiger charge is 2.39. The van der Waals surface area contributed by atoms with Crippen LogP contribution < -0.4 is 5.32 Å². The van der Waals surface area contributed by atoms with Crippen molar-refractivity contribution in [3.8, 4) is 0 Å². The topological polar surface area (TPSA) is 52.7 Å². The summed E-state index contributed by atoms with van der Waals surface area (Å²) in [7, 11) is -3.33. The molecular formula is C15H23N3O2S. The molecule has 2 aliphatic rings. The molecule has 2 heterocycles. The van der Waals surface area contributed by atoms with Gasteiger partial charge in [-0.3, -0.25) is 4.90 Å². The average molecular weight is 309 g/mol. The molecule has 0 unspecified atom stereocenters. The summed E-state index contributed by atoms with van der Waals surface area (Å²) in [6, 6.07) is 5.91. The van der Waals surface area contributed by atoms with Crippen LogP contribution in [-0.4, -0.2) is 62.9 Å². The number of nitrogens with zero attached hydrogens (tertiary/aromatic N) is 2. The lowest BCUT2D eigenvalue weighted by Crippen LogP contribution is -2.63. The van der Waals surface area contributed by atoms with Crippen LogP contribution in [0.15, 0.2) is 23.1 Å². The van der Waals surface area contributed by atoms with E-state index in [2.05, 4.69) is 10.2 Å². The van der Waals surface area contributed by atoms with Gasteiger partial charge in [-0.2, -0.15) is 4.31 Å². The highest BCUT2D eigenvalue weighted by atomic mass is 32.2. The Bertz CT molecular complexity index is 598.